The Hall–Kier alpha value is -0.720. The maximum Gasteiger partial charge on any atom is 0.100 e. The molecule has 1 nitrogen and oxygen atoms in total. The summed E-state index contributed by atoms with van der Waals surface area (Å²) in [6.45, 7) is 6.02. The Morgan fingerprint density at radius 1 is 1.42 bits per heavy atom. The van der Waals surface area contributed by atoms with Crippen LogP contribution in [0.3, 0.4) is 0 Å². The number of hydrogen-bond acceptors (Lipinski definition) is 1. The summed E-state index contributed by atoms with van der Waals surface area (Å²) in [7, 11) is 0. The molecule has 0 aromatic rings. The SMILES string of the molecule is CC(C)=C(O)C1(C)C=CCCC1. The van der Waals surface area contributed by atoms with Gasteiger partial charge in [0.25, 0.3) is 0 Å². The lowest BCUT2D eigenvalue weighted by Crippen LogP contribution is -2.19. The fourth-order valence-electron chi connectivity index (χ4n) is 1.78. The lowest BCUT2D eigenvalue weighted by atomic mass is 9.78. The van der Waals surface area contributed by atoms with E-state index in [1.807, 2.05) is 13.8 Å². The highest BCUT2D eigenvalue weighted by Crippen LogP contribution is 2.37. The summed E-state index contributed by atoms with van der Waals surface area (Å²) in [6, 6.07) is 0. The largest absolute Gasteiger partial charge is 0.511 e. The van der Waals surface area contributed by atoms with Gasteiger partial charge in [0.2, 0.25) is 0 Å². The fraction of sp³-hybridized carbons (Fsp3) is 0.636. The summed E-state index contributed by atoms with van der Waals surface area (Å²) in [5.74, 6) is 0.554. The van der Waals surface area contributed by atoms with Gasteiger partial charge in [-0.15, -0.1) is 0 Å². The molecule has 1 aliphatic rings. The topological polar surface area (TPSA) is 20.2 Å². The molecule has 68 valence electrons. The Labute approximate surface area is 74.8 Å². The first-order valence-electron chi connectivity index (χ1n) is 4.61. The smallest absolute Gasteiger partial charge is 0.100 e. The Morgan fingerprint density at radius 3 is 2.50 bits per heavy atom. The minimum atomic E-state index is -0.0862. The molecular weight excluding hydrogens is 148 g/mol. The Balaban J connectivity index is 2.91. The third-order valence-corrected chi connectivity index (χ3v) is 2.57. The molecule has 0 aromatic heterocycles. The van der Waals surface area contributed by atoms with Gasteiger partial charge in [-0.05, 0) is 45.6 Å². The zero-order valence-corrected chi connectivity index (χ0v) is 8.22. The van der Waals surface area contributed by atoms with E-state index in [0.717, 1.165) is 18.4 Å². The van der Waals surface area contributed by atoms with E-state index in [4.69, 9.17) is 0 Å². The van der Waals surface area contributed by atoms with Crippen LogP contribution in [0.2, 0.25) is 0 Å². The van der Waals surface area contributed by atoms with Gasteiger partial charge in [-0.25, -0.2) is 0 Å². The van der Waals surface area contributed by atoms with E-state index < -0.39 is 0 Å². The number of aliphatic hydroxyl groups is 1. The molecule has 0 bridgehead atoms. The highest BCUT2D eigenvalue weighted by atomic mass is 16.3. The van der Waals surface area contributed by atoms with Crippen molar-refractivity contribution in [2.24, 2.45) is 5.41 Å². The van der Waals surface area contributed by atoms with Gasteiger partial charge in [-0.1, -0.05) is 12.2 Å². The average Bonchev–Trinajstić information content (AvgIpc) is 2.04. The second-order valence-corrected chi connectivity index (χ2v) is 4.06. The molecule has 1 unspecified atom stereocenters. The number of allylic oxidation sites excluding steroid dienone is 3. The van der Waals surface area contributed by atoms with E-state index in [1.165, 1.54) is 6.42 Å². The third-order valence-electron chi connectivity index (χ3n) is 2.57. The van der Waals surface area contributed by atoms with E-state index in [9.17, 15) is 5.11 Å². The predicted octanol–water partition coefficient (Wildman–Crippen LogP) is 3.58. The highest BCUT2D eigenvalue weighted by molar-refractivity contribution is 5.20. The molecule has 0 saturated carbocycles. The second kappa shape index (κ2) is 3.34. The van der Waals surface area contributed by atoms with E-state index >= 15 is 0 Å². The molecule has 1 N–H and O–H groups in total. The maximum atomic E-state index is 9.84. The minimum Gasteiger partial charge on any atom is -0.511 e. The standard InChI is InChI=1S/C11H18O/c1-9(2)10(12)11(3)7-5-4-6-8-11/h5,7,12H,4,6,8H2,1-3H3. The summed E-state index contributed by atoms with van der Waals surface area (Å²) in [5, 5.41) is 9.84. The van der Waals surface area contributed by atoms with Crippen LogP contribution in [0.4, 0.5) is 0 Å². The van der Waals surface area contributed by atoms with Gasteiger partial charge < -0.3 is 5.11 Å². The Bertz CT molecular complexity index is 221. The van der Waals surface area contributed by atoms with Crippen molar-refractivity contribution in [2.75, 3.05) is 0 Å². The molecule has 0 radical (unpaired) electrons. The van der Waals surface area contributed by atoms with Crippen LogP contribution in [0.5, 0.6) is 0 Å². The molecule has 1 heteroatoms. The number of aliphatic hydroxyl groups excluding tert-OH is 1. The monoisotopic (exact) mass is 166 g/mol. The van der Waals surface area contributed by atoms with Crippen LogP contribution in [0.25, 0.3) is 0 Å². The van der Waals surface area contributed by atoms with Gasteiger partial charge in [0.1, 0.15) is 5.76 Å². The van der Waals surface area contributed by atoms with Crippen molar-refractivity contribution in [1.29, 1.82) is 0 Å². The molecule has 0 saturated heterocycles. The van der Waals surface area contributed by atoms with Crippen LogP contribution in [0.1, 0.15) is 40.0 Å². The van der Waals surface area contributed by atoms with Gasteiger partial charge in [-0.2, -0.15) is 0 Å². The van der Waals surface area contributed by atoms with E-state index in [2.05, 4.69) is 19.1 Å². The molecule has 0 aromatic carbocycles. The van der Waals surface area contributed by atoms with Crippen LogP contribution < -0.4 is 0 Å². The van der Waals surface area contributed by atoms with Crippen molar-refractivity contribution < 1.29 is 5.11 Å². The molecule has 1 aliphatic carbocycles. The summed E-state index contributed by atoms with van der Waals surface area (Å²) >= 11 is 0. The molecule has 1 rings (SSSR count). The lowest BCUT2D eigenvalue weighted by molar-refractivity contribution is 0.257. The quantitative estimate of drug-likeness (QED) is 0.466. The zero-order chi connectivity index (χ0) is 9.19. The van der Waals surface area contributed by atoms with E-state index in [-0.39, 0.29) is 5.41 Å². The molecule has 0 aliphatic heterocycles. The van der Waals surface area contributed by atoms with Crippen molar-refractivity contribution in [3.8, 4) is 0 Å². The summed E-state index contributed by atoms with van der Waals surface area (Å²) < 4.78 is 0. The van der Waals surface area contributed by atoms with Gasteiger partial charge in [0.05, 0.1) is 0 Å². The fourth-order valence-corrected chi connectivity index (χ4v) is 1.78. The third kappa shape index (κ3) is 1.71. The predicted molar refractivity (Wildman–Crippen MR) is 52.1 cm³/mol. The van der Waals surface area contributed by atoms with Crippen molar-refractivity contribution in [3.63, 3.8) is 0 Å². The van der Waals surface area contributed by atoms with Crippen LogP contribution in [0.15, 0.2) is 23.5 Å². The summed E-state index contributed by atoms with van der Waals surface area (Å²) in [5.41, 5.74) is 0.945. The first-order valence-corrected chi connectivity index (χ1v) is 4.61. The molecule has 0 fully saturated rings. The van der Waals surface area contributed by atoms with Gasteiger partial charge >= 0.3 is 0 Å². The van der Waals surface area contributed by atoms with Crippen LogP contribution in [-0.4, -0.2) is 5.11 Å². The van der Waals surface area contributed by atoms with Crippen molar-refractivity contribution >= 4 is 0 Å². The molecule has 0 amide bonds. The zero-order valence-electron chi connectivity index (χ0n) is 8.22. The van der Waals surface area contributed by atoms with Crippen molar-refractivity contribution in [1.82, 2.24) is 0 Å². The van der Waals surface area contributed by atoms with Crippen LogP contribution >= 0.6 is 0 Å². The first-order chi connectivity index (χ1) is 5.56. The number of rotatable bonds is 1. The van der Waals surface area contributed by atoms with Crippen LogP contribution in [0, 0.1) is 5.41 Å². The average molecular weight is 166 g/mol. The molecule has 1 atom stereocenters. The minimum absolute atomic E-state index is 0.0862. The molecular formula is C11H18O. The summed E-state index contributed by atoms with van der Waals surface area (Å²) in [4.78, 5) is 0. The van der Waals surface area contributed by atoms with Crippen molar-refractivity contribution in [2.45, 2.75) is 40.0 Å². The van der Waals surface area contributed by atoms with Crippen LogP contribution in [-0.2, 0) is 0 Å². The van der Waals surface area contributed by atoms with Gasteiger partial charge in [0, 0.05) is 5.41 Å². The van der Waals surface area contributed by atoms with Crippen molar-refractivity contribution in [3.05, 3.63) is 23.5 Å². The lowest BCUT2D eigenvalue weighted by Gasteiger charge is -2.29. The second-order valence-electron chi connectivity index (χ2n) is 4.06. The summed E-state index contributed by atoms with van der Waals surface area (Å²) in [6.07, 6.45) is 7.72. The van der Waals surface area contributed by atoms with Gasteiger partial charge in [-0.3, -0.25) is 0 Å². The Kier molecular flexibility index (Phi) is 2.61. The Morgan fingerprint density at radius 2 is 2.08 bits per heavy atom. The first kappa shape index (κ1) is 9.37. The number of hydrogen-bond donors (Lipinski definition) is 1. The van der Waals surface area contributed by atoms with E-state index in [1.54, 1.807) is 0 Å². The molecule has 12 heavy (non-hydrogen) atoms. The van der Waals surface area contributed by atoms with E-state index in [0.29, 0.717) is 5.76 Å². The van der Waals surface area contributed by atoms with Gasteiger partial charge in [0.15, 0.2) is 0 Å². The molecule has 0 spiro atoms. The molecule has 0 heterocycles. The highest BCUT2D eigenvalue weighted by Gasteiger charge is 2.27. The normalized spacial score (nSPS) is 28.6. The maximum absolute atomic E-state index is 9.84.